The molecule has 1 aliphatic rings. The number of rotatable bonds is 5. The van der Waals surface area contributed by atoms with Gasteiger partial charge in [-0.3, -0.25) is 0 Å². The minimum atomic E-state index is 0.472. The molecule has 0 atom stereocenters. The largest absolute Gasteiger partial charge is 0.416 e. The van der Waals surface area contributed by atoms with E-state index in [0.717, 1.165) is 24.3 Å². The van der Waals surface area contributed by atoms with Crippen LogP contribution in [0.25, 0.3) is 11.4 Å². The summed E-state index contributed by atoms with van der Waals surface area (Å²) in [5, 5.41) is 12.6. The van der Waals surface area contributed by atoms with Crippen molar-refractivity contribution < 1.29 is 8.94 Å². The van der Waals surface area contributed by atoms with Crippen molar-refractivity contribution in [1.29, 1.82) is 0 Å². The second-order valence-corrected chi connectivity index (χ2v) is 5.77. The van der Waals surface area contributed by atoms with Crippen LogP contribution in [0.2, 0.25) is 0 Å². The van der Waals surface area contributed by atoms with E-state index in [9.17, 15) is 0 Å². The number of benzene rings is 1. The first-order valence-electron chi connectivity index (χ1n) is 6.73. The molecule has 0 unspecified atom stereocenters. The molecular formula is C14H12N4O2S. The van der Waals surface area contributed by atoms with Crippen molar-refractivity contribution in [3.63, 3.8) is 0 Å². The van der Waals surface area contributed by atoms with Crippen LogP contribution in [0.1, 0.15) is 30.5 Å². The Bertz CT molecular complexity index is 736. The minimum absolute atomic E-state index is 0.472. The average Bonchev–Trinajstić information content (AvgIpc) is 3.09. The Hall–Kier alpha value is -2.15. The first kappa shape index (κ1) is 12.6. The minimum Gasteiger partial charge on any atom is -0.416 e. The van der Waals surface area contributed by atoms with Crippen LogP contribution in [0.15, 0.2) is 44.5 Å². The number of nitrogens with zero attached hydrogens (tertiary/aromatic N) is 4. The molecule has 4 rings (SSSR count). The molecule has 2 heterocycles. The molecule has 7 heteroatoms. The summed E-state index contributed by atoms with van der Waals surface area (Å²) in [4.78, 5) is 4.36. The Morgan fingerprint density at radius 3 is 2.81 bits per heavy atom. The summed E-state index contributed by atoms with van der Waals surface area (Å²) in [5.74, 6) is 2.87. The van der Waals surface area contributed by atoms with Crippen molar-refractivity contribution in [1.82, 2.24) is 20.3 Å². The fourth-order valence-corrected chi connectivity index (χ4v) is 2.52. The molecule has 21 heavy (non-hydrogen) atoms. The third kappa shape index (κ3) is 2.82. The van der Waals surface area contributed by atoms with Crippen LogP contribution in [-0.2, 0) is 5.75 Å². The zero-order valence-corrected chi connectivity index (χ0v) is 11.9. The van der Waals surface area contributed by atoms with E-state index >= 15 is 0 Å². The second kappa shape index (κ2) is 5.33. The predicted octanol–water partition coefficient (Wildman–Crippen LogP) is 3.29. The van der Waals surface area contributed by atoms with Gasteiger partial charge < -0.3 is 8.94 Å². The smallest absolute Gasteiger partial charge is 0.277 e. The van der Waals surface area contributed by atoms with Crippen molar-refractivity contribution in [2.45, 2.75) is 29.7 Å². The number of hydrogen-bond donors (Lipinski definition) is 0. The standard InChI is InChI=1S/C14H12N4O2S/c1-2-4-9(5-3-1)12-15-11(20-18-12)8-21-14-17-16-13(19-14)10-6-7-10/h1-5,10H,6-8H2. The van der Waals surface area contributed by atoms with Crippen molar-refractivity contribution in [3.8, 4) is 11.4 Å². The highest BCUT2D eigenvalue weighted by Crippen LogP contribution is 2.40. The molecule has 0 N–H and O–H groups in total. The Morgan fingerprint density at radius 1 is 1.14 bits per heavy atom. The Balaban J connectivity index is 1.41. The fourth-order valence-electron chi connectivity index (χ4n) is 1.92. The van der Waals surface area contributed by atoms with Crippen LogP contribution >= 0.6 is 11.8 Å². The highest BCUT2D eigenvalue weighted by Gasteiger charge is 2.29. The van der Waals surface area contributed by atoms with Crippen molar-refractivity contribution in [3.05, 3.63) is 42.1 Å². The molecule has 0 saturated heterocycles. The van der Waals surface area contributed by atoms with Gasteiger partial charge in [-0.15, -0.1) is 10.2 Å². The Kier molecular flexibility index (Phi) is 3.19. The SMILES string of the molecule is c1ccc(-c2noc(CSc3nnc(C4CC4)o3)n2)cc1. The highest BCUT2D eigenvalue weighted by molar-refractivity contribution is 7.98. The normalized spacial score (nSPS) is 14.5. The van der Waals surface area contributed by atoms with Gasteiger partial charge in [-0.1, -0.05) is 47.3 Å². The molecule has 106 valence electrons. The van der Waals surface area contributed by atoms with Gasteiger partial charge in [0, 0.05) is 11.5 Å². The predicted molar refractivity (Wildman–Crippen MR) is 75.6 cm³/mol. The zero-order chi connectivity index (χ0) is 14.1. The van der Waals surface area contributed by atoms with Crippen LogP contribution in [0, 0.1) is 0 Å². The quantitative estimate of drug-likeness (QED) is 0.669. The number of hydrogen-bond acceptors (Lipinski definition) is 7. The van der Waals surface area contributed by atoms with E-state index in [-0.39, 0.29) is 0 Å². The lowest BCUT2D eigenvalue weighted by Gasteiger charge is -1.91. The lowest BCUT2D eigenvalue weighted by Crippen LogP contribution is -1.82. The summed E-state index contributed by atoms with van der Waals surface area (Å²) in [6.45, 7) is 0. The second-order valence-electron chi connectivity index (χ2n) is 4.85. The summed E-state index contributed by atoms with van der Waals surface area (Å²) in [7, 11) is 0. The third-order valence-electron chi connectivity index (χ3n) is 3.17. The Labute approximate surface area is 125 Å². The molecule has 0 radical (unpaired) electrons. The zero-order valence-electron chi connectivity index (χ0n) is 11.1. The maximum Gasteiger partial charge on any atom is 0.277 e. The van der Waals surface area contributed by atoms with Gasteiger partial charge >= 0.3 is 0 Å². The van der Waals surface area contributed by atoms with Crippen LogP contribution in [0.5, 0.6) is 0 Å². The van der Waals surface area contributed by atoms with Gasteiger partial charge in [-0.25, -0.2) is 0 Å². The number of thioether (sulfide) groups is 1. The molecule has 3 aromatic rings. The molecule has 1 aromatic carbocycles. The molecule has 1 aliphatic carbocycles. The Morgan fingerprint density at radius 2 is 2.00 bits per heavy atom. The summed E-state index contributed by atoms with van der Waals surface area (Å²) in [5.41, 5.74) is 0.936. The van der Waals surface area contributed by atoms with Gasteiger partial charge in [-0.05, 0) is 12.8 Å². The molecule has 1 saturated carbocycles. The van der Waals surface area contributed by atoms with E-state index in [0.29, 0.717) is 28.6 Å². The summed E-state index contributed by atoms with van der Waals surface area (Å²) in [6, 6.07) is 9.73. The number of aromatic nitrogens is 4. The first-order valence-corrected chi connectivity index (χ1v) is 7.71. The van der Waals surface area contributed by atoms with E-state index in [1.807, 2.05) is 30.3 Å². The molecule has 0 aliphatic heterocycles. The topological polar surface area (TPSA) is 77.8 Å². The van der Waals surface area contributed by atoms with Crippen LogP contribution < -0.4 is 0 Å². The van der Waals surface area contributed by atoms with Crippen molar-refractivity contribution in [2.75, 3.05) is 0 Å². The first-order chi connectivity index (χ1) is 10.4. The molecule has 0 bridgehead atoms. The van der Waals surface area contributed by atoms with Gasteiger partial charge in [-0.2, -0.15) is 4.98 Å². The highest BCUT2D eigenvalue weighted by atomic mass is 32.2. The van der Waals surface area contributed by atoms with Gasteiger partial charge in [0.2, 0.25) is 17.6 Å². The molecule has 6 nitrogen and oxygen atoms in total. The van der Waals surface area contributed by atoms with Crippen molar-refractivity contribution in [2.24, 2.45) is 0 Å². The van der Waals surface area contributed by atoms with Gasteiger partial charge in [0.25, 0.3) is 5.22 Å². The molecule has 1 fully saturated rings. The molecular weight excluding hydrogens is 288 g/mol. The van der Waals surface area contributed by atoms with Crippen LogP contribution in [0.3, 0.4) is 0 Å². The lowest BCUT2D eigenvalue weighted by molar-refractivity contribution is 0.389. The van der Waals surface area contributed by atoms with E-state index in [1.165, 1.54) is 11.8 Å². The monoisotopic (exact) mass is 300 g/mol. The van der Waals surface area contributed by atoms with Crippen LogP contribution in [0.4, 0.5) is 0 Å². The maximum atomic E-state index is 5.57. The van der Waals surface area contributed by atoms with Crippen molar-refractivity contribution >= 4 is 11.8 Å². The van der Waals surface area contributed by atoms with E-state index in [1.54, 1.807) is 0 Å². The van der Waals surface area contributed by atoms with Crippen LogP contribution in [-0.4, -0.2) is 20.3 Å². The fraction of sp³-hybridized carbons (Fsp3) is 0.286. The lowest BCUT2D eigenvalue weighted by atomic mass is 10.2. The molecule has 0 spiro atoms. The van der Waals surface area contributed by atoms with Gasteiger partial charge in [0.1, 0.15) is 0 Å². The molecule has 0 amide bonds. The van der Waals surface area contributed by atoms with E-state index < -0.39 is 0 Å². The van der Waals surface area contributed by atoms with Gasteiger partial charge in [0.05, 0.1) is 5.75 Å². The third-order valence-corrected chi connectivity index (χ3v) is 3.97. The molecule has 2 aromatic heterocycles. The van der Waals surface area contributed by atoms with Gasteiger partial charge in [0.15, 0.2) is 0 Å². The van der Waals surface area contributed by atoms with E-state index in [2.05, 4.69) is 20.3 Å². The summed E-state index contributed by atoms with van der Waals surface area (Å²) < 4.78 is 10.8. The summed E-state index contributed by atoms with van der Waals surface area (Å²) >= 11 is 1.41. The maximum absolute atomic E-state index is 5.57. The van der Waals surface area contributed by atoms with E-state index in [4.69, 9.17) is 8.94 Å². The average molecular weight is 300 g/mol. The summed E-state index contributed by atoms with van der Waals surface area (Å²) in [6.07, 6.45) is 2.30.